The van der Waals surface area contributed by atoms with Crippen LogP contribution in [0.5, 0.6) is 0 Å². The molecule has 1 aromatic heterocycles. The van der Waals surface area contributed by atoms with Gasteiger partial charge in [-0.15, -0.1) is 0 Å². The molecule has 1 atom stereocenters. The molecule has 0 saturated carbocycles. The minimum Gasteiger partial charge on any atom is -0.322 e. The van der Waals surface area contributed by atoms with Crippen LogP contribution in [-0.2, 0) is 0 Å². The molecule has 6 heteroatoms. The molecular weight excluding hydrogens is 183 g/mol. The van der Waals surface area contributed by atoms with E-state index in [0.29, 0.717) is 0 Å². The quantitative estimate of drug-likeness (QED) is 0.769. The van der Waals surface area contributed by atoms with Crippen LogP contribution in [0.4, 0.5) is 13.2 Å². The molecule has 0 radical (unpaired) electrons. The molecule has 0 unspecified atom stereocenters. The van der Waals surface area contributed by atoms with Gasteiger partial charge in [0, 0.05) is 18.6 Å². The van der Waals surface area contributed by atoms with Crippen molar-refractivity contribution in [3.8, 4) is 0 Å². The third-order valence-corrected chi connectivity index (χ3v) is 1.41. The molecule has 0 aliphatic rings. The molecule has 1 rings (SSSR count). The van der Waals surface area contributed by atoms with Gasteiger partial charge in [0.2, 0.25) is 0 Å². The molecule has 0 bridgehead atoms. The van der Waals surface area contributed by atoms with Crippen molar-refractivity contribution in [1.29, 1.82) is 0 Å². The third kappa shape index (κ3) is 3.37. The van der Waals surface area contributed by atoms with Gasteiger partial charge < -0.3 is 5.73 Å². The van der Waals surface area contributed by atoms with E-state index in [9.17, 15) is 13.2 Å². The van der Waals surface area contributed by atoms with Crippen LogP contribution in [0.25, 0.3) is 0 Å². The predicted molar refractivity (Wildman–Crippen MR) is 39.6 cm³/mol. The summed E-state index contributed by atoms with van der Waals surface area (Å²) in [5.41, 5.74) is 5.41. The van der Waals surface area contributed by atoms with Gasteiger partial charge in [-0.25, -0.2) is 0 Å². The summed E-state index contributed by atoms with van der Waals surface area (Å²) in [6.07, 6.45) is -1.42. The highest BCUT2D eigenvalue weighted by Crippen LogP contribution is 2.26. The molecule has 72 valence electrons. The monoisotopic (exact) mass is 191 g/mol. The second-order valence-electron chi connectivity index (χ2n) is 2.56. The van der Waals surface area contributed by atoms with E-state index in [1.165, 1.54) is 18.6 Å². The van der Waals surface area contributed by atoms with E-state index in [0.717, 1.165) is 0 Å². The van der Waals surface area contributed by atoms with Crippen LogP contribution >= 0.6 is 0 Å². The lowest BCUT2D eigenvalue weighted by atomic mass is 10.1. The van der Waals surface area contributed by atoms with Gasteiger partial charge >= 0.3 is 6.18 Å². The Hall–Kier alpha value is -1.17. The Morgan fingerprint density at radius 2 is 2.08 bits per heavy atom. The van der Waals surface area contributed by atoms with E-state index in [2.05, 4.69) is 9.97 Å². The molecule has 0 amide bonds. The van der Waals surface area contributed by atoms with Crippen LogP contribution in [0.1, 0.15) is 18.2 Å². The molecular formula is C7H8F3N3. The number of aromatic nitrogens is 2. The zero-order chi connectivity index (χ0) is 9.90. The average Bonchev–Trinajstić information content (AvgIpc) is 2.03. The minimum atomic E-state index is -4.27. The van der Waals surface area contributed by atoms with Crippen LogP contribution in [-0.4, -0.2) is 16.1 Å². The number of alkyl halides is 3. The van der Waals surface area contributed by atoms with Gasteiger partial charge in [0.25, 0.3) is 0 Å². The van der Waals surface area contributed by atoms with Crippen molar-refractivity contribution in [3.63, 3.8) is 0 Å². The predicted octanol–water partition coefficient (Wildman–Crippen LogP) is 1.43. The smallest absolute Gasteiger partial charge is 0.322 e. The van der Waals surface area contributed by atoms with E-state index < -0.39 is 18.6 Å². The van der Waals surface area contributed by atoms with Crippen LogP contribution in [0.2, 0.25) is 0 Å². The molecule has 0 fully saturated rings. The van der Waals surface area contributed by atoms with Crippen molar-refractivity contribution < 1.29 is 13.2 Å². The molecule has 0 saturated heterocycles. The molecule has 1 aromatic rings. The fourth-order valence-electron chi connectivity index (χ4n) is 0.856. The summed E-state index contributed by atoms with van der Waals surface area (Å²) in [5.74, 6) is 0. The van der Waals surface area contributed by atoms with E-state index in [1.54, 1.807) is 0 Å². The maximum atomic E-state index is 11.9. The Balaban J connectivity index is 2.64. The van der Waals surface area contributed by atoms with Crippen molar-refractivity contribution in [1.82, 2.24) is 9.97 Å². The largest absolute Gasteiger partial charge is 0.390 e. The highest BCUT2D eigenvalue weighted by atomic mass is 19.4. The standard InChI is InChI=1S/C7H8F3N3/c8-7(9,10)3-5(11)6-4-12-1-2-13-6/h1-2,4-5H,3,11H2/t5-/m0/s1. The molecule has 0 aromatic carbocycles. The zero-order valence-electron chi connectivity index (χ0n) is 6.62. The van der Waals surface area contributed by atoms with Gasteiger partial charge in [-0.2, -0.15) is 13.2 Å². The Labute approximate surface area is 72.8 Å². The molecule has 0 aliphatic heterocycles. The molecule has 3 nitrogen and oxygen atoms in total. The summed E-state index contributed by atoms with van der Waals surface area (Å²) in [5, 5.41) is 0. The first-order chi connectivity index (χ1) is 5.99. The minimum absolute atomic E-state index is 0.153. The lowest BCUT2D eigenvalue weighted by molar-refractivity contribution is -0.138. The normalized spacial score (nSPS) is 14.2. The van der Waals surface area contributed by atoms with Gasteiger partial charge in [-0.05, 0) is 0 Å². The highest BCUT2D eigenvalue weighted by molar-refractivity contribution is 5.01. The summed E-state index contributed by atoms with van der Waals surface area (Å²) in [6, 6.07) is -1.13. The molecule has 1 heterocycles. The van der Waals surface area contributed by atoms with Gasteiger partial charge in [0.05, 0.1) is 18.2 Å². The lowest BCUT2D eigenvalue weighted by Gasteiger charge is -2.12. The second-order valence-corrected chi connectivity index (χ2v) is 2.56. The van der Waals surface area contributed by atoms with Gasteiger partial charge in [-0.3, -0.25) is 9.97 Å². The van der Waals surface area contributed by atoms with E-state index in [1.807, 2.05) is 0 Å². The van der Waals surface area contributed by atoms with Crippen molar-refractivity contribution in [2.24, 2.45) is 5.73 Å². The van der Waals surface area contributed by atoms with Gasteiger partial charge in [-0.1, -0.05) is 0 Å². The molecule has 13 heavy (non-hydrogen) atoms. The number of halogens is 3. The molecule has 0 aliphatic carbocycles. The molecule has 2 N–H and O–H groups in total. The Morgan fingerprint density at radius 3 is 2.54 bits per heavy atom. The van der Waals surface area contributed by atoms with E-state index >= 15 is 0 Å². The Kier molecular flexibility index (Phi) is 2.82. The van der Waals surface area contributed by atoms with E-state index in [-0.39, 0.29) is 5.69 Å². The third-order valence-electron chi connectivity index (χ3n) is 1.41. The van der Waals surface area contributed by atoms with Crippen molar-refractivity contribution in [3.05, 3.63) is 24.3 Å². The number of hydrogen-bond acceptors (Lipinski definition) is 3. The first kappa shape index (κ1) is 9.91. The number of nitrogens with zero attached hydrogens (tertiary/aromatic N) is 2. The van der Waals surface area contributed by atoms with Crippen molar-refractivity contribution in [2.45, 2.75) is 18.6 Å². The molecule has 0 spiro atoms. The SMILES string of the molecule is N[C@@H](CC(F)(F)F)c1cnccn1. The Morgan fingerprint density at radius 1 is 1.38 bits per heavy atom. The summed E-state index contributed by atoms with van der Waals surface area (Å²) < 4.78 is 35.6. The summed E-state index contributed by atoms with van der Waals surface area (Å²) in [6.45, 7) is 0. The van der Waals surface area contributed by atoms with Crippen LogP contribution < -0.4 is 5.73 Å². The first-order valence-corrected chi connectivity index (χ1v) is 3.57. The second kappa shape index (κ2) is 3.69. The lowest BCUT2D eigenvalue weighted by Crippen LogP contribution is -2.21. The van der Waals surface area contributed by atoms with Crippen LogP contribution in [0, 0.1) is 0 Å². The number of hydrogen-bond donors (Lipinski definition) is 1. The number of nitrogens with two attached hydrogens (primary N) is 1. The van der Waals surface area contributed by atoms with E-state index in [4.69, 9.17) is 5.73 Å². The Bertz CT molecular complexity index is 259. The average molecular weight is 191 g/mol. The topological polar surface area (TPSA) is 51.8 Å². The fraction of sp³-hybridized carbons (Fsp3) is 0.429. The fourth-order valence-corrected chi connectivity index (χ4v) is 0.856. The maximum absolute atomic E-state index is 11.9. The summed E-state index contributed by atoms with van der Waals surface area (Å²) >= 11 is 0. The summed E-state index contributed by atoms with van der Waals surface area (Å²) in [7, 11) is 0. The van der Waals surface area contributed by atoms with Crippen LogP contribution in [0.3, 0.4) is 0 Å². The van der Waals surface area contributed by atoms with Gasteiger partial charge in [0.15, 0.2) is 0 Å². The van der Waals surface area contributed by atoms with Crippen LogP contribution in [0.15, 0.2) is 18.6 Å². The zero-order valence-corrected chi connectivity index (χ0v) is 6.62. The highest BCUT2D eigenvalue weighted by Gasteiger charge is 2.31. The summed E-state index contributed by atoms with van der Waals surface area (Å²) in [4.78, 5) is 7.30. The van der Waals surface area contributed by atoms with Crippen molar-refractivity contribution in [2.75, 3.05) is 0 Å². The maximum Gasteiger partial charge on any atom is 0.390 e. The number of rotatable bonds is 2. The van der Waals surface area contributed by atoms with Gasteiger partial charge in [0.1, 0.15) is 0 Å². The first-order valence-electron chi connectivity index (χ1n) is 3.57. The van der Waals surface area contributed by atoms with Crippen molar-refractivity contribution >= 4 is 0 Å².